The fourth-order valence-corrected chi connectivity index (χ4v) is 2.43. The molecule has 3 rings (SSSR count). The lowest BCUT2D eigenvalue weighted by molar-refractivity contribution is -0.137. The van der Waals surface area contributed by atoms with Crippen molar-refractivity contribution in [1.29, 1.82) is 0 Å². The van der Waals surface area contributed by atoms with Gasteiger partial charge in [0.15, 0.2) is 0 Å². The van der Waals surface area contributed by atoms with Crippen LogP contribution < -0.4 is 15.7 Å². The molecule has 28 heavy (non-hydrogen) atoms. The Morgan fingerprint density at radius 3 is 2.29 bits per heavy atom. The Kier molecular flexibility index (Phi) is 5.16. The van der Waals surface area contributed by atoms with Gasteiger partial charge in [0.1, 0.15) is 11.4 Å². The van der Waals surface area contributed by atoms with E-state index in [0.717, 1.165) is 24.3 Å². The summed E-state index contributed by atoms with van der Waals surface area (Å²) in [7, 11) is 1.52. The Morgan fingerprint density at radius 1 is 1.07 bits per heavy atom. The van der Waals surface area contributed by atoms with E-state index in [9.17, 15) is 22.8 Å². The molecule has 0 saturated heterocycles. The molecule has 0 saturated carbocycles. The fourth-order valence-electron chi connectivity index (χ4n) is 2.43. The summed E-state index contributed by atoms with van der Waals surface area (Å²) in [5.41, 5.74) is -0.623. The Hall–Kier alpha value is -3.62. The van der Waals surface area contributed by atoms with Crippen LogP contribution in [0.4, 0.5) is 18.9 Å². The zero-order valence-electron chi connectivity index (χ0n) is 14.5. The number of methoxy groups -OCH3 is 1. The first-order chi connectivity index (χ1) is 13.3. The number of hydrogen-bond acceptors (Lipinski definition) is 4. The van der Waals surface area contributed by atoms with E-state index in [1.807, 2.05) is 0 Å². The summed E-state index contributed by atoms with van der Waals surface area (Å²) in [6, 6.07) is 12.1. The van der Waals surface area contributed by atoms with E-state index in [0.29, 0.717) is 11.3 Å². The first kappa shape index (κ1) is 19.2. The van der Waals surface area contributed by atoms with Gasteiger partial charge in [-0.3, -0.25) is 4.79 Å². The van der Waals surface area contributed by atoms with Gasteiger partial charge < -0.3 is 15.0 Å². The second-order valence-electron chi connectivity index (χ2n) is 5.74. The highest BCUT2D eigenvalue weighted by Crippen LogP contribution is 2.30. The molecule has 1 aromatic heterocycles. The predicted octanol–water partition coefficient (Wildman–Crippen LogP) is 3.72. The molecule has 1 heterocycles. The number of nitrogens with zero attached hydrogens (tertiary/aromatic N) is 1. The van der Waals surface area contributed by atoms with E-state index < -0.39 is 23.3 Å². The number of amides is 1. The lowest BCUT2D eigenvalue weighted by atomic mass is 10.1. The highest BCUT2D eigenvalue weighted by molar-refractivity contribution is 6.03. The van der Waals surface area contributed by atoms with Crippen LogP contribution in [0.2, 0.25) is 0 Å². The highest BCUT2D eigenvalue weighted by Gasteiger charge is 2.30. The van der Waals surface area contributed by atoms with Gasteiger partial charge in [0.2, 0.25) is 0 Å². The minimum Gasteiger partial charge on any atom is -0.497 e. The van der Waals surface area contributed by atoms with Crippen LogP contribution in [0.5, 0.6) is 5.75 Å². The van der Waals surface area contributed by atoms with E-state index in [-0.39, 0.29) is 17.1 Å². The summed E-state index contributed by atoms with van der Waals surface area (Å²) in [5, 5.41) is 2.44. The summed E-state index contributed by atoms with van der Waals surface area (Å²) < 4.78 is 42.9. The van der Waals surface area contributed by atoms with Crippen LogP contribution in [0.15, 0.2) is 59.4 Å². The van der Waals surface area contributed by atoms with E-state index in [4.69, 9.17) is 4.74 Å². The SMILES string of the molecule is COc1ccc(-c2cc(C(=O)Nc3ccc(C(F)(F)F)cc3)[nH]c(=O)n2)cc1. The Balaban J connectivity index is 1.83. The second-order valence-corrected chi connectivity index (χ2v) is 5.74. The summed E-state index contributed by atoms with van der Waals surface area (Å²) in [6.45, 7) is 0. The lowest BCUT2D eigenvalue weighted by Gasteiger charge is -2.09. The lowest BCUT2D eigenvalue weighted by Crippen LogP contribution is -2.21. The molecule has 6 nitrogen and oxygen atoms in total. The molecule has 144 valence electrons. The number of anilines is 1. The molecule has 9 heteroatoms. The Labute approximate surface area is 157 Å². The fraction of sp³-hybridized carbons (Fsp3) is 0.105. The molecule has 0 bridgehead atoms. The Morgan fingerprint density at radius 2 is 1.71 bits per heavy atom. The van der Waals surface area contributed by atoms with Gasteiger partial charge in [-0.15, -0.1) is 0 Å². The molecule has 0 fully saturated rings. The maximum Gasteiger partial charge on any atom is 0.416 e. The second kappa shape index (κ2) is 7.55. The molecule has 3 aromatic rings. The number of benzene rings is 2. The van der Waals surface area contributed by atoms with Crippen LogP contribution in [0.25, 0.3) is 11.3 Å². The number of alkyl halides is 3. The third-order valence-corrected chi connectivity index (χ3v) is 3.85. The summed E-state index contributed by atoms with van der Waals surface area (Å²) in [4.78, 5) is 30.3. The van der Waals surface area contributed by atoms with Crippen molar-refractivity contribution in [2.45, 2.75) is 6.18 Å². The smallest absolute Gasteiger partial charge is 0.416 e. The van der Waals surface area contributed by atoms with Gasteiger partial charge in [-0.2, -0.15) is 18.2 Å². The number of carbonyl (C=O) groups excluding carboxylic acids is 1. The van der Waals surface area contributed by atoms with E-state index >= 15 is 0 Å². The normalized spacial score (nSPS) is 11.1. The molecule has 0 aliphatic rings. The molecular formula is C19H14F3N3O3. The van der Waals surface area contributed by atoms with Gasteiger partial charge in [0.25, 0.3) is 5.91 Å². The molecule has 1 amide bonds. The highest BCUT2D eigenvalue weighted by atomic mass is 19.4. The molecule has 0 unspecified atom stereocenters. The summed E-state index contributed by atoms with van der Waals surface area (Å²) >= 11 is 0. The number of hydrogen-bond donors (Lipinski definition) is 2. The maximum atomic E-state index is 12.6. The van der Waals surface area contributed by atoms with E-state index in [1.54, 1.807) is 24.3 Å². The maximum absolute atomic E-state index is 12.6. The number of halogens is 3. The number of aromatic nitrogens is 2. The number of ether oxygens (including phenoxy) is 1. The van der Waals surface area contributed by atoms with Crippen molar-refractivity contribution in [3.63, 3.8) is 0 Å². The number of nitrogens with one attached hydrogen (secondary N) is 2. The van der Waals surface area contributed by atoms with Gasteiger partial charge in [0.05, 0.1) is 18.4 Å². The van der Waals surface area contributed by atoms with Crippen molar-refractivity contribution in [3.05, 3.63) is 76.3 Å². The molecule has 2 N–H and O–H groups in total. The molecule has 0 spiro atoms. The predicted molar refractivity (Wildman–Crippen MR) is 96.2 cm³/mol. The topological polar surface area (TPSA) is 84.1 Å². The Bertz CT molecular complexity index is 1040. The van der Waals surface area contributed by atoms with Gasteiger partial charge in [-0.25, -0.2) is 4.79 Å². The number of rotatable bonds is 4. The minimum atomic E-state index is -4.47. The summed E-state index contributed by atoms with van der Waals surface area (Å²) in [6.07, 6.45) is -4.47. The van der Waals surface area contributed by atoms with Crippen LogP contribution in [0.3, 0.4) is 0 Å². The van der Waals surface area contributed by atoms with Crippen molar-refractivity contribution in [1.82, 2.24) is 9.97 Å². The van der Waals surface area contributed by atoms with Gasteiger partial charge in [-0.1, -0.05) is 0 Å². The van der Waals surface area contributed by atoms with E-state index in [2.05, 4.69) is 15.3 Å². The third-order valence-electron chi connectivity index (χ3n) is 3.85. The van der Waals surface area contributed by atoms with Crippen LogP contribution >= 0.6 is 0 Å². The van der Waals surface area contributed by atoms with Crippen molar-refractivity contribution >= 4 is 11.6 Å². The largest absolute Gasteiger partial charge is 0.497 e. The monoisotopic (exact) mass is 389 g/mol. The molecular weight excluding hydrogens is 375 g/mol. The molecule has 0 aliphatic carbocycles. The van der Waals surface area contributed by atoms with Crippen molar-refractivity contribution in [2.24, 2.45) is 0 Å². The number of carbonyl (C=O) groups is 1. The summed E-state index contributed by atoms with van der Waals surface area (Å²) in [5.74, 6) is -0.0668. The van der Waals surface area contributed by atoms with Gasteiger partial charge in [0, 0.05) is 11.3 Å². The third kappa shape index (κ3) is 4.37. The molecule has 2 aromatic carbocycles. The molecule has 0 atom stereocenters. The zero-order valence-corrected chi connectivity index (χ0v) is 14.5. The minimum absolute atomic E-state index is 0.0780. The number of aromatic amines is 1. The van der Waals surface area contributed by atoms with Crippen LogP contribution in [-0.4, -0.2) is 23.0 Å². The standard InChI is InChI=1S/C19H14F3N3O3/c1-28-14-8-2-11(3-9-14)15-10-16(25-18(27)24-15)17(26)23-13-6-4-12(5-7-13)19(20,21)22/h2-10H,1H3,(H,23,26)(H,24,25,27). The van der Waals surface area contributed by atoms with Crippen molar-refractivity contribution in [3.8, 4) is 17.0 Å². The number of H-pyrrole nitrogens is 1. The first-order valence-corrected chi connectivity index (χ1v) is 8.00. The quantitative estimate of drug-likeness (QED) is 0.712. The zero-order chi connectivity index (χ0) is 20.3. The van der Waals surface area contributed by atoms with Crippen LogP contribution in [0.1, 0.15) is 16.1 Å². The van der Waals surface area contributed by atoms with E-state index in [1.165, 1.54) is 13.2 Å². The molecule has 0 radical (unpaired) electrons. The average Bonchev–Trinajstić information content (AvgIpc) is 2.67. The van der Waals surface area contributed by atoms with Crippen molar-refractivity contribution < 1.29 is 22.7 Å². The van der Waals surface area contributed by atoms with Crippen LogP contribution in [0, 0.1) is 0 Å². The van der Waals surface area contributed by atoms with Gasteiger partial charge in [-0.05, 0) is 54.6 Å². The van der Waals surface area contributed by atoms with Gasteiger partial charge >= 0.3 is 11.9 Å². The molecule has 0 aliphatic heterocycles. The van der Waals surface area contributed by atoms with Crippen LogP contribution in [-0.2, 0) is 6.18 Å². The van der Waals surface area contributed by atoms with Crippen molar-refractivity contribution in [2.75, 3.05) is 12.4 Å². The average molecular weight is 389 g/mol. The first-order valence-electron chi connectivity index (χ1n) is 8.00.